The van der Waals surface area contributed by atoms with Crippen LogP contribution in [0, 0.1) is 0 Å². The van der Waals surface area contributed by atoms with E-state index in [2.05, 4.69) is 9.88 Å². The van der Waals surface area contributed by atoms with E-state index in [0.717, 1.165) is 0 Å². The lowest BCUT2D eigenvalue weighted by atomic mass is 10.1. The van der Waals surface area contributed by atoms with Gasteiger partial charge in [-0.2, -0.15) is 4.31 Å². The molecule has 1 aromatic heterocycles. The third-order valence-corrected chi connectivity index (χ3v) is 5.78. The van der Waals surface area contributed by atoms with E-state index in [1.54, 1.807) is 7.05 Å². The number of nitrogens with zero attached hydrogens (tertiary/aromatic N) is 4. The fourth-order valence-corrected chi connectivity index (χ4v) is 4.22. The summed E-state index contributed by atoms with van der Waals surface area (Å²) < 4.78 is 28.3. The third-order valence-electron chi connectivity index (χ3n) is 3.82. The molecule has 0 saturated carbocycles. The molecule has 7 nitrogen and oxygen atoms in total. The molecule has 1 aliphatic rings. The molecule has 2 heterocycles. The number of aromatic nitrogens is 2. The maximum atomic E-state index is 12.7. The van der Waals surface area contributed by atoms with Crippen LogP contribution in [0.5, 0.6) is 0 Å². The number of rotatable bonds is 2. The van der Waals surface area contributed by atoms with Gasteiger partial charge in [0, 0.05) is 32.2 Å². The minimum Gasteiger partial charge on any atom is -0.381 e. The van der Waals surface area contributed by atoms with Crippen LogP contribution < -0.4 is 5.73 Å². The Morgan fingerprint density at radius 3 is 2.21 bits per heavy atom. The molecular formula is C11H21N5O2S. The van der Waals surface area contributed by atoms with Gasteiger partial charge in [0.1, 0.15) is 0 Å². The lowest BCUT2D eigenvalue weighted by Gasteiger charge is -2.41. The summed E-state index contributed by atoms with van der Waals surface area (Å²) in [5.74, 6) is 0.0572. The highest BCUT2D eigenvalue weighted by atomic mass is 32.2. The topological polar surface area (TPSA) is 84.5 Å². The molecule has 1 saturated heterocycles. The minimum atomic E-state index is -3.59. The van der Waals surface area contributed by atoms with Crippen molar-refractivity contribution in [2.45, 2.75) is 31.0 Å². The molecule has 8 heteroatoms. The highest BCUT2D eigenvalue weighted by molar-refractivity contribution is 7.89. The predicted octanol–water partition coefficient (Wildman–Crippen LogP) is -0.285. The number of sulfonamides is 1. The zero-order chi connectivity index (χ0) is 14.4. The van der Waals surface area contributed by atoms with Gasteiger partial charge in [-0.05, 0) is 20.9 Å². The zero-order valence-corrected chi connectivity index (χ0v) is 12.6. The lowest BCUT2D eigenvalue weighted by Crippen LogP contribution is -2.56. The SMILES string of the molecule is CC1CN(S(=O)(=O)c2c(N)ncn2C)CC(C)N1C. The number of nitrogen functional groups attached to an aromatic ring is 1. The Morgan fingerprint density at radius 2 is 1.79 bits per heavy atom. The molecule has 2 N–H and O–H groups in total. The summed E-state index contributed by atoms with van der Waals surface area (Å²) in [7, 11) is 0.0625. The Bertz CT molecular complexity index is 536. The molecule has 0 radical (unpaired) electrons. The molecule has 1 fully saturated rings. The zero-order valence-electron chi connectivity index (χ0n) is 11.7. The van der Waals surface area contributed by atoms with E-state index < -0.39 is 10.0 Å². The van der Waals surface area contributed by atoms with Crippen molar-refractivity contribution in [3.05, 3.63) is 6.33 Å². The van der Waals surface area contributed by atoms with Crippen molar-refractivity contribution in [2.75, 3.05) is 25.9 Å². The maximum absolute atomic E-state index is 12.7. The molecular weight excluding hydrogens is 266 g/mol. The molecule has 0 aliphatic carbocycles. The fraction of sp³-hybridized carbons (Fsp3) is 0.727. The van der Waals surface area contributed by atoms with Crippen molar-refractivity contribution in [3.63, 3.8) is 0 Å². The van der Waals surface area contributed by atoms with Crippen molar-refractivity contribution in [2.24, 2.45) is 7.05 Å². The lowest BCUT2D eigenvalue weighted by molar-refractivity contribution is 0.105. The first-order chi connectivity index (χ1) is 8.75. The second-order valence-electron chi connectivity index (χ2n) is 5.23. The molecule has 1 aromatic rings. The van der Waals surface area contributed by atoms with Crippen LogP contribution in [0.15, 0.2) is 11.4 Å². The van der Waals surface area contributed by atoms with Crippen molar-refractivity contribution < 1.29 is 8.42 Å². The minimum absolute atomic E-state index is 0.0572. The Hall–Kier alpha value is -1.12. The summed E-state index contributed by atoms with van der Waals surface area (Å²) in [6, 6.07) is 0.348. The van der Waals surface area contributed by atoms with Gasteiger partial charge in [-0.15, -0.1) is 0 Å². The average Bonchev–Trinajstić information content (AvgIpc) is 2.65. The summed E-state index contributed by atoms with van der Waals surface area (Å²) in [5, 5.41) is 0.0800. The van der Waals surface area contributed by atoms with Gasteiger partial charge >= 0.3 is 0 Å². The number of hydrogen-bond acceptors (Lipinski definition) is 5. The Kier molecular flexibility index (Phi) is 3.59. The van der Waals surface area contributed by atoms with Crippen molar-refractivity contribution >= 4 is 15.8 Å². The van der Waals surface area contributed by atoms with Crippen LogP contribution in [0.3, 0.4) is 0 Å². The summed E-state index contributed by atoms with van der Waals surface area (Å²) >= 11 is 0. The van der Waals surface area contributed by atoms with E-state index in [9.17, 15) is 8.42 Å². The summed E-state index contributed by atoms with van der Waals surface area (Å²) in [6.45, 7) is 4.97. The van der Waals surface area contributed by atoms with E-state index in [-0.39, 0.29) is 22.9 Å². The molecule has 2 rings (SSSR count). The van der Waals surface area contributed by atoms with E-state index in [4.69, 9.17) is 5.73 Å². The van der Waals surface area contributed by atoms with Gasteiger partial charge in [-0.1, -0.05) is 0 Å². The highest BCUT2D eigenvalue weighted by Gasteiger charge is 2.36. The summed E-state index contributed by atoms with van der Waals surface area (Å²) in [4.78, 5) is 6.03. The highest BCUT2D eigenvalue weighted by Crippen LogP contribution is 2.24. The molecule has 108 valence electrons. The van der Waals surface area contributed by atoms with Crippen molar-refractivity contribution in [1.82, 2.24) is 18.8 Å². The number of nitrogens with two attached hydrogens (primary N) is 1. The maximum Gasteiger partial charge on any atom is 0.262 e. The van der Waals surface area contributed by atoms with E-state index in [0.29, 0.717) is 13.1 Å². The summed E-state index contributed by atoms with van der Waals surface area (Å²) in [6.07, 6.45) is 1.42. The van der Waals surface area contributed by atoms with E-state index in [1.165, 1.54) is 15.2 Å². The van der Waals surface area contributed by atoms with Gasteiger partial charge in [0.2, 0.25) is 0 Å². The largest absolute Gasteiger partial charge is 0.381 e. The Morgan fingerprint density at radius 1 is 1.26 bits per heavy atom. The van der Waals surface area contributed by atoms with Crippen molar-refractivity contribution in [1.29, 1.82) is 0 Å². The van der Waals surface area contributed by atoms with Gasteiger partial charge in [-0.3, -0.25) is 4.90 Å². The first-order valence-electron chi connectivity index (χ1n) is 6.24. The molecule has 0 spiro atoms. The van der Waals surface area contributed by atoms with Crippen LogP contribution in [0.25, 0.3) is 0 Å². The molecule has 19 heavy (non-hydrogen) atoms. The quantitative estimate of drug-likeness (QED) is 0.808. The summed E-state index contributed by atoms with van der Waals surface area (Å²) in [5.41, 5.74) is 5.68. The van der Waals surface area contributed by atoms with Crippen LogP contribution in [0.1, 0.15) is 13.8 Å². The third kappa shape index (κ3) is 2.35. The molecule has 2 atom stereocenters. The van der Waals surface area contributed by atoms with Crippen LogP contribution in [-0.2, 0) is 17.1 Å². The number of aryl methyl sites for hydroxylation is 1. The first kappa shape index (κ1) is 14.3. The standard InChI is InChI=1S/C11H21N5O2S/c1-8-5-16(6-9(2)15(8)4)19(17,18)11-10(12)13-7-14(11)3/h7-9H,5-6,12H2,1-4H3. The molecule has 2 unspecified atom stereocenters. The van der Waals surface area contributed by atoms with E-state index in [1.807, 2.05) is 20.9 Å². The molecule has 0 bridgehead atoms. The molecule has 0 amide bonds. The van der Waals surface area contributed by atoms with Crippen molar-refractivity contribution in [3.8, 4) is 0 Å². The van der Waals surface area contributed by atoms with E-state index >= 15 is 0 Å². The Balaban J connectivity index is 2.36. The van der Waals surface area contributed by atoms with Gasteiger partial charge < -0.3 is 10.3 Å². The molecule has 1 aliphatic heterocycles. The normalized spacial score (nSPS) is 26.7. The first-order valence-corrected chi connectivity index (χ1v) is 7.68. The Labute approximate surface area is 114 Å². The van der Waals surface area contributed by atoms with Crippen LogP contribution in [0.2, 0.25) is 0 Å². The number of piperazine rings is 1. The predicted molar refractivity (Wildman–Crippen MR) is 73.1 cm³/mol. The monoisotopic (exact) mass is 287 g/mol. The van der Waals surface area contributed by atoms with Gasteiger partial charge in [0.25, 0.3) is 10.0 Å². The second-order valence-corrected chi connectivity index (χ2v) is 7.08. The van der Waals surface area contributed by atoms with Gasteiger partial charge in [0.05, 0.1) is 6.33 Å². The number of anilines is 1. The van der Waals surface area contributed by atoms with Crippen LogP contribution in [0.4, 0.5) is 5.82 Å². The average molecular weight is 287 g/mol. The number of likely N-dealkylation sites (N-methyl/N-ethyl adjacent to an activating group) is 1. The van der Waals surface area contributed by atoms with Crippen LogP contribution >= 0.6 is 0 Å². The smallest absolute Gasteiger partial charge is 0.262 e. The fourth-order valence-electron chi connectivity index (χ4n) is 2.43. The van der Waals surface area contributed by atoms with Gasteiger partial charge in [-0.25, -0.2) is 13.4 Å². The second kappa shape index (κ2) is 4.77. The number of imidazole rings is 1. The van der Waals surface area contributed by atoms with Gasteiger partial charge in [0.15, 0.2) is 10.8 Å². The number of hydrogen-bond donors (Lipinski definition) is 1. The molecule has 0 aromatic carbocycles. The van der Waals surface area contributed by atoms with Crippen LogP contribution in [-0.4, -0.2) is 59.4 Å².